The van der Waals surface area contributed by atoms with Gasteiger partial charge >= 0.3 is 0 Å². The van der Waals surface area contributed by atoms with Gasteiger partial charge in [0.15, 0.2) is 18.9 Å². The maximum absolute atomic E-state index is 8.90. The lowest BCUT2D eigenvalue weighted by Gasteiger charge is -2.18. The first-order chi connectivity index (χ1) is 7.31. The maximum Gasteiger partial charge on any atom is 0.173 e. The molecule has 1 aromatic heterocycles. The van der Waals surface area contributed by atoms with Crippen molar-refractivity contribution in [2.75, 3.05) is 20.2 Å². The highest BCUT2D eigenvalue weighted by molar-refractivity contribution is 5.12. The smallest absolute Gasteiger partial charge is 0.173 e. The minimum atomic E-state index is 0.203. The van der Waals surface area contributed by atoms with Crippen LogP contribution < -0.4 is 4.57 Å². The van der Waals surface area contributed by atoms with Crippen LogP contribution in [0.25, 0.3) is 0 Å². The number of rotatable bonds is 3. The van der Waals surface area contributed by atoms with Crippen molar-refractivity contribution in [3.8, 4) is 0 Å². The van der Waals surface area contributed by atoms with Crippen LogP contribution in [-0.4, -0.2) is 30.2 Å². The van der Waals surface area contributed by atoms with E-state index in [2.05, 4.69) is 34.8 Å². The van der Waals surface area contributed by atoms with E-state index in [4.69, 9.17) is 5.11 Å². The summed E-state index contributed by atoms with van der Waals surface area (Å²) < 4.78 is 2.06. The van der Waals surface area contributed by atoms with Crippen LogP contribution in [0.5, 0.6) is 0 Å². The first kappa shape index (κ1) is 10.6. The molecule has 1 atom stereocenters. The van der Waals surface area contributed by atoms with Crippen LogP contribution in [0.15, 0.2) is 24.5 Å². The molecule has 1 fully saturated rings. The Morgan fingerprint density at radius 2 is 2.47 bits per heavy atom. The van der Waals surface area contributed by atoms with Crippen molar-refractivity contribution in [3.05, 3.63) is 30.1 Å². The van der Waals surface area contributed by atoms with E-state index in [1.807, 2.05) is 6.20 Å². The number of aromatic nitrogens is 1. The molecule has 15 heavy (non-hydrogen) atoms. The van der Waals surface area contributed by atoms with E-state index in [0.717, 1.165) is 0 Å². The molecule has 0 saturated carbocycles. The first-order valence-electron chi connectivity index (χ1n) is 5.61. The fourth-order valence-corrected chi connectivity index (χ4v) is 2.33. The van der Waals surface area contributed by atoms with Gasteiger partial charge in [-0.15, -0.1) is 0 Å². The summed E-state index contributed by atoms with van der Waals surface area (Å²) in [5, 5.41) is 8.90. The molecule has 0 aliphatic carbocycles. The summed E-state index contributed by atoms with van der Waals surface area (Å²) >= 11 is 0. The molecule has 1 unspecified atom stereocenters. The predicted octanol–water partition coefficient (Wildman–Crippen LogP) is 0.733. The van der Waals surface area contributed by atoms with E-state index in [1.54, 1.807) is 0 Å². The van der Waals surface area contributed by atoms with E-state index in [0.29, 0.717) is 12.6 Å². The highest BCUT2D eigenvalue weighted by atomic mass is 16.3. The third-order valence-electron chi connectivity index (χ3n) is 3.14. The number of hydrogen-bond acceptors (Lipinski definition) is 2. The van der Waals surface area contributed by atoms with Crippen molar-refractivity contribution in [2.24, 2.45) is 0 Å². The van der Waals surface area contributed by atoms with Gasteiger partial charge < -0.3 is 5.11 Å². The number of aliphatic hydroxyl groups is 1. The topological polar surface area (TPSA) is 27.4 Å². The lowest BCUT2D eigenvalue weighted by atomic mass is 10.1. The Kier molecular flexibility index (Phi) is 3.34. The Hall–Kier alpha value is -0.930. The van der Waals surface area contributed by atoms with E-state index >= 15 is 0 Å². The van der Waals surface area contributed by atoms with Crippen LogP contribution in [0.4, 0.5) is 0 Å². The van der Waals surface area contributed by atoms with Gasteiger partial charge in [-0.25, -0.2) is 4.57 Å². The monoisotopic (exact) mass is 207 g/mol. The molecule has 0 spiro atoms. The van der Waals surface area contributed by atoms with Crippen LogP contribution in [0.2, 0.25) is 0 Å². The van der Waals surface area contributed by atoms with Crippen LogP contribution in [0, 0.1) is 0 Å². The molecule has 0 bridgehead atoms. The van der Waals surface area contributed by atoms with Gasteiger partial charge in [0.1, 0.15) is 6.61 Å². The minimum Gasteiger partial charge on any atom is -0.390 e. The molecule has 1 N–H and O–H groups in total. The Labute approximate surface area is 91.0 Å². The molecule has 3 nitrogen and oxygen atoms in total. The highest BCUT2D eigenvalue weighted by Gasteiger charge is 2.24. The summed E-state index contributed by atoms with van der Waals surface area (Å²) in [4.78, 5) is 2.40. The summed E-state index contributed by atoms with van der Waals surface area (Å²) in [6.07, 6.45) is 6.70. The van der Waals surface area contributed by atoms with E-state index < -0.39 is 0 Å². The zero-order valence-corrected chi connectivity index (χ0v) is 9.26. The fourth-order valence-electron chi connectivity index (χ4n) is 2.33. The zero-order chi connectivity index (χ0) is 10.7. The van der Waals surface area contributed by atoms with Gasteiger partial charge in [0, 0.05) is 17.7 Å². The molecule has 0 aromatic carbocycles. The molecule has 1 aliphatic rings. The van der Waals surface area contributed by atoms with Crippen molar-refractivity contribution in [1.82, 2.24) is 4.90 Å². The van der Waals surface area contributed by atoms with Crippen LogP contribution in [-0.2, 0) is 6.54 Å². The largest absolute Gasteiger partial charge is 0.390 e. The van der Waals surface area contributed by atoms with Crippen LogP contribution in [0.3, 0.4) is 0 Å². The number of likely N-dealkylation sites (tertiary alicyclic amines) is 1. The van der Waals surface area contributed by atoms with Crippen LogP contribution in [0.1, 0.15) is 24.4 Å². The molecule has 0 radical (unpaired) electrons. The molecule has 3 heteroatoms. The quantitative estimate of drug-likeness (QED) is 0.740. The van der Waals surface area contributed by atoms with E-state index in [-0.39, 0.29) is 6.61 Å². The molecule has 1 aliphatic heterocycles. The van der Waals surface area contributed by atoms with Crippen molar-refractivity contribution in [2.45, 2.75) is 25.4 Å². The summed E-state index contributed by atoms with van der Waals surface area (Å²) in [6, 6.07) is 4.81. The lowest BCUT2D eigenvalue weighted by molar-refractivity contribution is -0.698. The van der Waals surface area contributed by atoms with Gasteiger partial charge in [0.25, 0.3) is 0 Å². The molecular weight excluding hydrogens is 188 g/mol. The Balaban J connectivity index is 2.16. The molecule has 1 saturated heterocycles. The van der Waals surface area contributed by atoms with Crippen molar-refractivity contribution in [1.29, 1.82) is 0 Å². The standard InChI is InChI=1S/C12H19N2O/c1-13-6-3-5-12(13)11-4-2-7-14(10-11)8-9-15/h2,4,7,10,12,15H,3,5-6,8-9H2,1H3/q+1. The van der Waals surface area contributed by atoms with Gasteiger partial charge in [-0.3, -0.25) is 4.90 Å². The van der Waals surface area contributed by atoms with Crippen molar-refractivity contribution >= 4 is 0 Å². The second kappa shape index (κ2) is 4.73. The summed E-state index contributed by atoms with van der Waals surface area (Å²) in [5.41, 5.74) is 1.37. The normalized spacial score (nSPS) is 22.1. The first-order valence-corrected chi connectivity index (χ1v) is 5.61. The summed E-state index contributed by atoms with van der Waals surface area (Å²) in [5.74, 6) is 0. The second-order valence-electron chi connectivity index (χ2n) is 4.24. The number of aliphatic hydroxyl groups excluding tert-OH is 1. The number of nitrogens with zero attached hydrogens (tertiary/aromatic N) is 2. The third kappa shape index (κ3) is 2.36. The molecular formula is C12H19N2O+. The molecule has 0 amide bonds. The molecule has 1 aromatic rings. The number of pyridine rings is 1. The van der Waals surface area contributed by atoms with Gasteiger partial charge in [-0.2, -0.15) is 0 Å². The molecule has 2 rings (SSSR count). The SMILES string of the molecule is CN1CCCC1c1ccc[n+](CCO)c1. The highest BCUT2D eigenvalue weighted by Crippen LogP contribution is 2.29. The zero-order valence-electron chi connectivity index (χ0n) is 9.26. The summed E-state index contributed by atoms with van der Waals surface area (Å²) in [7, 11) is 2.18. The Morgan fingerprint density at radius 3 is 3.13 bits per heavy atom. The van der Waals surface area contributed by atoms with Gasteiger partial charge in [0.2, 0.25) is 0 Å². The summed E-state index contributed by atoms with van der Waals surface area (Å²) in [6.45, 7) is 2.08. The average molecular weight is 207 g/mol. The second-order valence-corrected chi connectivity index (χ2v) is 4.24. The van der Waals surface area contributed by atoms with Crippen LogP contribution >= 0.6 is 0 Å². The van der Waals surface area contributed by atoms with Gasteiger partial charge in [-0.1, -0.05) is 0 Å². The number of hydrogen-bond donors (Lipinski definition) is 1. The molecule has 82 valence electrons. The average Bonchev–Trinajstić information content (AvgIpc) is 2.65. The van der Waals surface area contributed by atoms with Crippen molar-refractivity contribution < 1.29 is 9.67 Å². The third-order valence-corrected chi connectivity index (χ3v) is 3.14. The lowest BCUT2D eigenvalue weighted by Crippen LogP contribution is -2.35. The predicted molar refractivity (Wildman–Crippen MR) is 58.3 cm³/mol. The van der Waals surface area contributed by atoms with Gasteiger partial charge in [0.05, 0.1) is 0 Å². The Morgan fingerprint density at radius 1 is 1.60 bits per heavy atom. The van der Waals surface area contributed by atoms with E-state index in [9.17, 15) is 0 Å². The van der Waals surface area contributed by atoms with Gasteiger partial charge in [-0.05, 0) is 32.5 Å². The molecule has 2 heterocycles. The fraction of sp³-hybridized carbons (Fsp3) is 0.583. The minimum absolute atomic E-state index is 0.203. The van der Waals surface area contributed by atoms with Crippen molar-refractivity contribution in [3.63, 3.8) is 0 Å². The maximum atomic E-state index is 8.90. The Bertz CT molecular complexity index is 327. The van der Waals surface area contributed by atoms with E-state index in [1.165, 1.54) is 24.9 Å².